The number of aromatic nitrogens is 3. The van der Waals surface area contributed by atoms with E-state index in [2.05, 4.69) is 10.1 Å². The lowest BCUT2D eigenvalue weighted by Gasteiger charge is -1.95. The molecule has 0 unspecified atom stereocenters. The Bertz CT molecular complexity index is 279. The van der Waals surface area contributed by atoms with Gasteiger partial charge in [0.25, 0.3) is 0 Å². The molecule has 1 rings (SSSR count). The summed E-state index contributed by atoms with van der Waals surface area (Å²) < 4.78 is 1.36. The van der Waals surface area contributed by atoms with Gasteiger partial charge < -0.3 is 5.11 Å². The zero-order valence-electron chi connectivity index (χ0n) is 6.40. The summed E-state index contributed by atoms with van der Waals surface area (Å²) in [5.41, 5.74) is 0. The van der Waals surface area contributed by atoms with Gasteiger partial charge in [-0.3, -0.25) is 4.79 Å². The Morgan fingerprint density at radius 3 is 2.64 bits per heavy atom. The number of hydrogen-bond acceptors (Lipinski definition) is 3. The topological polar surface area (TPSA) is 68.0 Å². The van der Waals surface area contributed by atoms with Crippen LogP contribution in [0.1, 0.15) is 11.6 Å². The fourth-order valence-electron chi connectivity index (χ4n) is 0.839. The molecule has 1 aromatic rings. The molecule has 0 aliphatic carbocycles. The summed E-state index contributed by atoms with van der Waals surface area (Å²) in [4.78, 5) is 14.2. The molecule has 0 spiro atoms. The second-order valence-corrected chi connectivity index (χ2v) is 2.26. The first-order chi connectivity index (χ1) is 5.09. The van der Waals surface area contributed by atoms with E-state index in [0.717, 1.165) is 0 Å². The van der Waals surface area contributed by atoms with Gasteiger partial charge in [-0.2, -0.15) is 5.10 Å². The Morgan fingerprint density at radius 1 is 1.64 bits per heavy atom. The summed E-state index contributed by atoms with van der Waals surface area (Å²) in [6.07, 6.45) is 0. The van der Waals surface area contributed by atoms with Gasteiger partial charge in [0.15, 0.2) is 0 Å². The molecule has 0 bridgehead atoms. The average Bonchev–Trinajstić information content (AvgIpc) is 2.09. The lowest BCUT2D eigenvalue weighted by Crippen LogP contribution is -2.11. The van der Waals surface area contributed by atoms with E-state index in [4.69, 9.17) is 5.11 Å². The van der Waals surface area contributed by atoms with E-state index < -0.39 is 5.97 Å². The summed E-state index contributed by atoms with van der Waals surface area (Å²) in [5, 5.41) is 12.3. The van der Waals surface area contributed by atoms with Gasteiger partial charge in [0.2, 0.25) is 0 Å². The minimum Gasteiger partial charge on any atom is -0.480 e. The van der Waals surface area contributed by atoms with Gasteiger partial charge in [-0.1, -0.05) is 0 Å². The lowest BCUT2D eigenvalue weighted by atomic mass is 10.6. The van der Waals surface area contributed by atoms with Crippen LogP contribution in [0, 0.1) is 13.8 Å². The summed E-state index contributed by atoms with van der Waals surface area (Å²) in [5.74, 6) is 0.326. The standard InChI is InChI=1S/C6H9N3O2/c1-4-7-5(2)9(8-4)3-6(10)11/h3H2,1-2H3,(H,10,11). The fraction of sp³-hybridized carbons (Fsp3) is 0.500. The molecule has 60 valence electrons. The van der Waals surface area contributed by atoms with Crippen LogP contribution in [0.25, 0.3) is 0 Å². The first-order valence-electron chi connectivity index (χ1n) is 3.19. The van der Waals surface area contributed by atoms with Crippen molar-refractivity contribution in [1.29, 1.82) is 0 Å². The molecule has 1 N–H and O–H groups in total. The minimum atomic E-state index is -0.905. The maximum absolute atomic E-state index is 10.2. The Morgan fingerprint density at radius 2 is 2.27 bits per heavy atom. The first kappa shape index (κ1) is 7.71. The van der Waals surface area contributed by atoms with Crippen LogP contribution in [0.4, 0.5) is 0 Å². The molecule has 0 atom stereocenters. The number of hydrogen-bond donors (Lipinski definition) is 1. The molecule has 11 heavy (non-hydrogen) atoms. The van der Waals surface area contributed by atoms with Crippen LogP contribution < -0.4 is 0 Å². The third-order valence-corrected chi connectivity index (χ3v) is 1.25. The summed E-state index contributed by atoms with van der Waals surface area (Å²) >= 11 is 0. The highest BCUT2D eigenvalue weighted by molar-refractivity contribution is 5.66. The maximum Gasteiger partial charge on any atom is 0.325 e. The average molecular weight is 155 g/mol. The van der Waals surface area contributed by atoms with E-state index in [1.165, 1.54) is 4.68 Å². The predicted molar refractivity (Wildman–Crippen MR) is 37.1 cm³/mol. The molecule has 0 aliphatic heterocycles. The summed E-state index contributed by atoms with van der Waals surface area (Å²) in [6, 6.07) is 0. The Kier molecular flexibility index (Phi) is 1.89. The second-order valence-electron chi connectivity index (χ2n) is 2.26. The van der Waals surface area contributed by atoms with Gasteiger partial charge in [0.05, 0.1) is 0 Å². The van der Waals surface area contributed by atoms with Crippen molar-refractivity contribution < 1.29 is 9.90 Å². The number of nitrogens with zero attached hydrogens (tertiary/aromatic N) is 3. The molecule has 1 aromatic heterocycles. The van der Waals surface area contributed by atoms with Gasteiger partial charge in [-0.05, 0) is 13.8 Å². The summed E-state index contributed by atoms with van der Waals surface area (Å²) in [6.45, 7) is 3.33. The van der Waals surface area contributed by atoms with Crippen molar-refractivity contribution >= 4 is 5.97 Å². The number of aryl methyl sites for hydroxylation is 2. The highest BCUT2D eigenvalue weighted by Crippen LogP contribution is 1.94. The Balaban J connectivity index is 2.85. The summed E-state index contributed by atoms with van der Waals surface area (Å²) in [7, 11) is 0. The van der Waals surface area contributed by atoms with Crippen LogP contribution in [0.5, 0.6) is 0 Å². The van der Waals surface area contributed by atoms with Crippen molar-refractivity contribution in [3.63, 3.8) is 0 Å². The zero-order chi connectivity index (χ0) is 8.43. The SMILES string of the molecule is Cc1nc(C)n(CC(=O)O)n1. The highest BCUT2D eigenvalue weighted by atomic mass is 16.4. The normalized spacial score (nSPS) is 10.0. The molecule has 0 aliphatic rings. The van der Waals surface area contributed by atoms with E-state index in [0.29, 0.717) is 11.6 Å². The quantitative estimate of drug-likeness (QED) is 0.651. The van der Waals surface area contributed by atoms with Gasteiger partial charge in [0, 0.05) is 0 Å². The van der Waals surface area contributed by atoms with Crippen LogP contribution in [0.15, 0.2) is 0 Å². The molecule has 0 saturated heterocycles. The molecule has 0 amide bonds. The van der Waals surface area contributed by atoms with Crippen LogP contribution in [0.2, 0.25) is 0 Å². The van der Waals surface area contributed by atoms with Crippen molar-refractivity contribution in [3.8, 4) is 0 Å². The molecular weight excluding hydrogens is 146 g/mol. The third kappa shape index (κ3) is 1.76. The van der Waals surface area contributed by atoms with E-state index >= 15 is 0 Å². The molecular formula is C6H9N3O2. The fourth-order valence-corrected chi connectivity index (χ4v) is 0.839. The van der Waals surface area contributed by atoms with Crippen molar-refractivity contribution in [2.24, 2.45) is 0 Å². The van der Waals surface area contributed by atoms with Crippen molar-refractivity contribution in [3.05, 3.63) is 11.6 Å². The molecule has 0 fully saturated rings. The van der Waals surface area contributed by atoms with Crippen LogP contribution in [-0.2, 0) is 11.3 Å². The van der Waals surface area contributed by atoms with Crippen LogP contribution in [-0.4, -0.2) is 25.8 Å². The zero-order valence-corrected chi connectivity index (χ0v) is 6.40. The van der Waals surface area contributed by atoms with E-state index in [9.17, 15) is 4.79 Å². The number of carboxylic acid groups (broad SMARTS) is 1. The van der Waals surface area contributed by atoms with Gasteiger partial charge >= 0.3 is 5.97 Å². The smallest absolute Gasteiger partial charge is 0.325 e. The Hall–Kier alpha value is -1.39. The largest absolute Gasteiger partial charge is 0.480 e. The first-order valence-corrected chi connectivity index (χ1v) is 3.19. The molecule has 0 radical (unpaired) electrons. The molecule has 0 saturated carbocycles. The number of aliphatic carboxylic acids is 1. The maximum atomic E-state index is 10.2. The molecule has 5 heteroatoms. The number of carbonyl (C=O) groups is 1. The van der Waals surface area contributed by atoms with Crippen molar-refractivity contribution in [2.75, 3.05) is 0 Å². The van der Waals surface area contributed by atoms with Crippen LogP contribution in [0.3, 0.4) is 0 Å². The molecule has 5 nitrogen and oxygen atoms in total. The van der Waals surface area contributed by atoms with Crippen molar-refractivity contribution in [2.45, 2.75) is 20.4 Å². The second kappa shape index (κ2) is 2.69. The van der Waals surface area contributed by atoms with Crippen molar-refractivity contribution in [1.82, 2.24) is 14.8 Å². The van der Waals surface area contributed by atoms with Gasteiger partial charge in [0.1, 0.15) is 18.2 Å². The highest BCUT2D eigenvalue weighted by Gasteiger charge is 2.04. The van der Waals surface area contributed by atoms with Gasteiger partial charge in [-0.15, -0.1) is 0 Å². The van der Waals surface area contributed by atoms with Crippen LogP contribution >= 0.6 is 0 Å². The third-order valence-electron chi connectivity index (χ3n) is 1.25. The lowest BCUT2D eigenvalue weighted by molar-refractivity contribution is -0.137. The minimum absolute atomic E-state index is 0.118. The van der Waals surface area contributed by atoms with E-state index in [1.54, 1.807) is 13.8 Å². The van der Waals surface area contributed by atoms with E-state index in [-0.39, 0.29) is 6.54 Å². The van der Waals surface area contributed by atoms with E-state index in [1.807, 2.05) is 0 Å². The van der Waals surface area contributed by atoms with Gasteiger partial charge in [-0.25, -0.2) is 9.67 Å². The molecule has 1 heterocycles. The monoisotopic (exact) mass is 155 g/mol. The number of carboxylic acids is 1. The Labute approximate surface area is 63.7 Å². The molecule has 0 aromatic carbocycles. The number of rotatable bonds is 2. The predicted octanol–water partition coefficient (Wildman–Crippen LogP) is -0.0205.